The molecule has 4 nitrogen and oxygen atoms in total. The van der Waals surface area contributed by atoms with E-state index in [2.05, 4.69) is 17.2 Å². The maximum Gasteiger partial charge on any atom is 0.0753 e. The van der Waals surface area contributed by atoms with E-state index in [0.717, 1.165) is 11.6 Å². The van der Waals surface area contributed by atoms with Crippen LogP contribution in [-0.4, -0.2) is 15.0 Å². The Kier molecular flexibility index (Phi) is 3.59. The smallest absolute Gasteiger partial charge is 0.0753 e. The summed E-state index contributed by atoms with van der Waals surface area (Å²) in [5, 5.41) is 7.85. The van der Waals surface area contributed by atoms with Crippen molar-refractivity contribution in [1.82, 2.24) is 15.0 Å². The molecular formula is C12H22N4. The van der Waals surface area contributed by atoms with E-state index in [4.69, 9.17) is 5.73 Å². The zero-order valence-corrected chi connectivity index (χ0v) is 10.3. The Bertz CT molecular complexity index is 326. The van der Waals surface area contributed by atoms with Crippen LogP contribution in [0.2, 0.25) is 0 Å². The number of aryl methyl sites for hydroxylation is 1. The first kappa shape index (κ1) is 11.6. The average molecular weight is 222 g/mol. The number of hydrogen-bond acceptors (Lipinski definition) is 3. The van der Waals surface area contributed by atoms with Crippen LogP contribution in [0.4, 0.5) is 0 Å². The molecule has 90 valence electrons. The molecule has 1 aromatic rings. The molecule has 0 bridgehead atoms. The van der Waals surface area contributed by atoms with E-state index in [1.807, 2.05) is 7.05 Å². The van der Waals surface area contributed by atoms with Crippen LogP contribution in [0.1, 0.15) is 50.8 Å². The number of nitrogens with zero attached hydrogens (tertiary/aromatic N) is 3. The maximum absolute atomic E-state index is 6.30. The van der Waals surface area contributed by atoms with E-state index in [1.54, 1.807) is 10.9 Å². The number of nitrogens with two attached hydrogens (primary N) is 1. The molecule has 0 saturated heterocycles. The van der Waals surface area contributed by atoms with Crippen LogP contribution in [0.15, 0.2) is 6.20 Å². The highest BCUT2D eigenvalue weighted by Gasteiger charge is 2.27. The highest BCUT2D eigenvalue weighted by atomic mass is 15.4. The zero-order valence-electron chi connectivity index (χ0n) is 10.3. The summed E-state index contributed by atoms with van der Waals surface area (Å²) in [4.78, 5) is 0. The molecule has 1 fully saturated rings. The Morgan fingerprint density at radius 3 is 2.62 bits per heavy atom. The van der Waals surface area contributed by atoms with Crippen molar-refractivity contribution < 1.29 is 0 Å². The van der Waals surface area contributed by atoms with Crippen molar-refractivity contribution in [1.29, 1.82) is 0 Å². The van der Waals surface area contributed by atoms with Crippen LogP contribution in [0.5, 0.6) is 0 Å². The summed E-state index contributed by atoms with van der Waals surface area (Å²) < 4.78 is 1.80. The van der Waals surface area contributed by atoms with Gasteiger partial charge in [0.25, 0.3) is 0 Å². The summed E-state index contributed by atoms with van der Waals surface area (Å²) in [7, 11) is 1.92. The molecule has 4 heteroatoms. The van der Waals surface area contributed by atoms with Crippen LogP contribution in [-0.2, 0) is 7.05 Å². The third kappa shape index (κ3) is 2.26. The van der Waals surface area contributed by atoms with Gasteiger partial charge in [-0.25, -0.2) is 0 Å². The minimum absolute atomic E-state index is 0.109. The second-order valence-electron chi connectivity index (χ2n) is 5.00. The molecule has 1 atom stereocenters. The predicted molar refractivity (Wildman–Crippen MR) is 63.7 cm³/mol. The summed E-state index contributed by atoms with van der Waals surface area (Å²) in [5.74, 6) is 1.54. The fourth-order valence-electron chi connectivity index (χ4n) is 2.80. The number of hydrogen-bond donors (Lipinski definition) is 1. The van der Waals surface area contributed by atoms with E-state index in [1.165, 1.54) is 32.1 Å². The van der Waals surface area contributed by atoms with Gasteiger partial charge >= 0.3 is 0 Å². The second-order valence-corrected chi connectivity index (χ2v) is 5.00. The Hall–Kier alpha value is -0.900. The Morgan fingerprint density at radius 2 is 2.12 bits per heavy atom. The minimum atomic E-state index is 0.109. The van der Waals surface area contributed by atoms with Gasteiger partial charge in [-0.05, 0) is 24.7 Å². The molecule has 0 aliphatic heterocycles. The first-order chi connectivity index (χ1) is 7.72. The van der Waals surface area contributed by atoms with Gasteiger partial charge in [-0.1, -0.05) is 31.4 Å². The van der Waals surface area contributed by atoms with Gasteiger partial charge in [0.1, 0.15) is 0 Å². The summed E-state index contributed by atoms with van der Waals surface area (Å²) >= 11 is 0. The lowest BCUT2D eigenvalue weighted by molar-refractivity contribution is 0.235. The summed E-state index contributed by atoms with van der Waals surface area (Å²) in [6.45, 7) is 2.29. The molecule has 2 rings (SSSR count). The van der Waals surface area contributed by atoms with Crippen LogP contribution >= 0.6 is 0 Å². The molecule has 1 heterocycles. The number of aromatic nitrogens is 3. The SMILES string of the molecule is CCC1CCC(C(N)c2cnnn2C)CC1. The van der Waals surface area contributed by atoms with Crippen LogP contribution in [0.25, 0.3) is 0 Å². The Morgan fingerprint density at radius 1 is 1.44 bits per heavy atom. The fraction of sp³-hybridized carbons (Fsp3) is 0.833. The van der Waals surface area contributed by atoms with Gasteiger partial charge in [0.2, 0.25) is 0 Å². The highest BCUT2D eigenvalue weighted by Crippen LogP contribution is 2.36. The van der Waals surface area contributed by atoms with Crippen molar-refractivity contribution in [2.45, 2.75) is 45.1 Å². The minimum Gasteiger partial charge on any atom is -0.322 e. The first-order valence-electron chi connectivity index (χ1n) is 6.32. The van der Waals surface area contributed by atoms with E-state index in [0.29, 0.717) is 5.92 Å². The molecule has 2 N–H and O–H groups in total. The third-order valence-electron chi connectivity index (χ3n) is 4.07. The Labute approximate surface area is 97.2 Å². The lowest BCUT2D eigenvalue weighted by Crippen LogP contribution is -2.27. The van der Waals surface area contributed by atoms with Crippen LogP contribution in [0.3, 0.4) is 0 Å². The molecule has 1 unspecified atom stereocenters. The Balaban J connectivity index is 1.97. The normalized spacial score (nSPS) is 27.9. The van der Waals surface area contributed by atoms with Gasteiger partial charge in [0, 0.05) is 7.05 Å². The summed E-state index contributed by atoms with van der Waals surface area (Å²) in [5.41, 5.74) is 7.37. The van der Waals surface area contributed by atoms with Crippen LogP contribution in [0, 0.1) is 11.8 Å². The highest BCUT2D eigenvalue weighted by molar-refractivity contribution is 5.03. The molecule has 1 aliphatic carbocycles. The van der Waals surface area contributed by atoms with Gasteiger partial charge in [-0.2, -0.15) is 0 Å². The summed E-state index contributed by atoms with van der Waals surface area (Å²) in [6.07, 6.45) is 8.29. The second kappa shape index (κ2) is 4.95. The van der Waals surface area contributed by atoms with Gasteiger partial charge in [-0.15, -0.1) is 5.10 Å². The molecular weight excluding hydrogens is 200 g/mol. The topological polar surface area (TPSA) is 56.7 Å². The third-order valence-corrected chi connectivity index (χ3v) is 4.07. The standard InChI is InChI=1S/C12H22N4/c1-3-9-4-6-10(7-5-9)12(13)11-8-14-15-16(11)2/h8-10,12H,3-7,13H2,1-2H3. The van der Waals surface area contributed by atoms with Crippen molar-refractivity contribution in [2.75, 3.05) is 0 Å². The van der Waals surface area contributed by atoms with Gasteiger partial charge < -0.3 is 5.73 Å². The lowest BCUT2D eigenvalue weighted by Gasteiger charge is -2.31. The largest absolute Gasteiger partial charge is 0.322 e. The molecule has 16 heavy (non-hydrogen) atoms. The van der Waals surface area contributed by atoms with Gasteiger partial charge in [0.05, 0.1) is 17.9 Å². The van der Waals surface area contributed by atoms with E-state index < -0.39 is 0 Å². The quantitative estimate of drug-likeness (QED) is 0.851. The van der Waals surface area contributed by atoms with Gasteiger partial charge in [0.15, 0.2) is 0 Å². The van der Waals surface area contributed by atoms with Crippen molar-refractivity contribution >= 4 is 0 Å². The van der Waals surface area contributed by atoms with Crippen molar-refractivity contribution in [3.05, 3.63) is 11.9 Å². The molecule has 1 aromatic heterocycles. The van der Waals surface area contributed by atoms with E-state index in [-0.39, 0.29) is 6.04 Å². The fourth-order valence-corrected chi connectivity index (χ4v) is 2.80. The van der Waals surface area contributed by atoms with Gasteiger partial charge in [-0.3, -0.25) is 4.68 Å². The molecule has 1 saturated carbocycles. The number of rotatable bonds is 3. The summed E-state index contributed by atoms with van der Waals surface area (Å²) in [6, 6.07) is 0.109. The monoisotopic (exact) mass is 222 g/mol. The zero-order chi connectivity index (χ0) is 11.5. The van der Waals surface area contributed by atoms with Crippen molar-refractivity contribution in [3.8, 4) is 0 Å². The van der Waals surface area contributed by atoms with Crippen LogP contribution < -0.4 is 5.73 Å². The predicted octanol–water partition coefficient (Wildman–Crippen LogP) is 2.03. The van der Waals surface area contributed by atoms with Crippen molar-refractivity contribution in [2.24, 2.45) is 24.6 Å². The first-order valence-corrected chi connectivity index (χ1v) is 6.32. The van der Waals surface area contributed by atoms with E-state index >= 15 is 0 Å². The molecule has 0 radical (unpaired) electrons. The molecule has 1 aliphatic rings. The maximum atomic E-state index is 6.30. The van der Waals surface area contributed by atoms with Crippen molar-refractivity contribution in [3.63, 3.8) is 0 Å². The van der Waals surface area contributed by atoms with E-state index in [9.17, 15) is 0 Å². The lowest BCUT2D eigenvalue weighted by atomic mass is 9.77. The molecule has 0 amide bonds. The average Bonchev–Trinajstić information content (AvgIpc) is 2.75. The molecule has 0 spiro atoms. The molecule has 0 aromatic carbocycles.